The quantitative estimate of drug-likeness (QED) is 0.731. The van der Waals surface area contributed by atoms with Crippen molar-refractivity contribution in [2.45, 2.75) is 32.6 Å². The molecule has 0 aliphatic heterocycles. The van der Waals surface area contributed by atoms with E-state index in [0.717, 1.165) is 12.2 Å². The summed E-state index contributed by atoms with van der Waals surface area (Å²) in [6.07, 6.45) is 6.47. The normalized spacial score (nSPS) is 15.5. The van der Waals surface area contributed by atoms with Gasteiger partial charge in [-0.05, 0) is 36.8 Å². The number of para-hydroxylation sites is 1. The van der Waals surface area contributed by atoms with E-state index < -0.39 is 0 Å². The monoisotopic (exact) mass is 323 g/mol. The van der Waals surface area contributed by atoms with Crippen molar-refractivity contribution in [1.82, 2.24) is 19.7 Å². The Hall–Kier alpha value is -2.63. The van der Waals surface area contributed by atoms with Crippen LogP contribution in [0, 0.1) is 5.41 Å². The van der Waals surface area contributed by atoms with Crippen molar-refractivity contribution in [3.05, 3.63) is 46.9 Å². The number of aromatic nitrogens is 4. The number of hydrogen-bond donors (Lipinski definition) is 2. The van der Waals surface area contributed by atoms with Gasteiger partial charge in [-0.15, -0.1) is 0 Å². The maximum atomic E-state index is 12.3. The number of H-pyrrole nitrogens is 1. The molecular weight excluding hydrogens is 302 g/mol. The molecule has 0 amide bonds. The van der Waals surface area contributed by atoms with Gasteiger partial charge in [0.05, 0.1) is 11.9 Å². The molecule has 24 heavy (non-hydrogen) atoms. The van der Waals surface area contributed by atoms with Gasteiger partial charge in [-0.3, -0.25) is 9.78 Å². The van der Waals surface area contributed by atoms with Crippen LogP contribution in [0.4, 0.5) is 5.95 Å². The van der Waals surface area contributed by atoms with Gasteiger partial charge in [0.2, 0.25) is 5.95 Å². The Morgan fingerprint density at radius 3 is 2.79 bits per heavy atom. The van der Waals surface area contributed by atoms with Crippen LogP contribution >= 0.6 is 0 Å². The third kappa shape index (κ3) is 2.68. The zero-order valence-corrected chi connectivity index (χ0v) is 13.7. The highest BCUT2D eigenvalue weighted by Gasteiger charge is 2.41. The minimum atomic E-state index is -0.162. The molecule has 0 spiro atoms. The molecule has 6 heteroatoms. The third-order valence-electron chi connectivity index (χ3n) is 4.81. The van der Waals surface area contributed by atoms with Gasteiger partial charge in [0.15, 0.2) is 5.65 Å². The molecule has 1 aliphatic rings. The zero-order valence-electron chi connectivity index (χ0n) is 13.7. The first-order valence-corrected chi connectivity index (χ1v) is 8.48. The summed E-state index contributed by atoms with van der Waals surface area (Å²) in [6.45, 7) is 3.07. The Morgan fingerprint density at radius 1 is 1.29 bits per heavy atom. The second-order valence-electron chi connectivity index (χ2n) is 6.65. The average Bonchev–Trinajstić information content (AvgIpc) is 3.23. The highest BCUT2D eigenvalue weighted by molar-refractivity contribution is 5.76. The molecule has 0 radical (unpaired) electrons. The van der Waals surface area contributed by atoms with Crippen molar-refractivity contribution < 1.29 is 0 Å². The number of rotatable bonds is 6. The van der Waals surface area contributed by atoms with Crippen molar-refractivity contribution in [3.8, 4) is 5.69 Å². The second-order valence-corrected chi connectivity index (χ2v) is 6.65. The van der Waals surface area contributed by atoms with Gasteiger partial charge in [-0.2, -0.15) is 10.1 Å². The van der Waals surface area contributed by atoms with Crippen molar-refractivity contribution in [2.75, 3.05) is 11.9 Å². The molecule has 1 aromatic carbocycles. The number of anilines is 1. The van der Waals surface area contributed by atoms with E-state index in [2.05, 4.69) is 27.3 Å². The molecule has 2 heterocycles. The highest BCUT2D eigenvalue weighted by Crippen LogP contribution is 2.49. The van der Waals surface area contributed by atoms with Crippen LogP contribution in [0.2, 0.25) is 0 Å². The molecule has 0 bridgehead atoms. The van der Waals surface area contributed by atoms with Crippen LogP contribution in [-0.4, -0.2) is 26.3 Å². The van der Waals surface area contributed by atoms with E-state index in [1.165, 1.54) is 25.7 Å². The van der Waals surface area contributed by atoms with Gasteiger partial charge in [0.1, 0.15) is 5.39 Å². The van der Waals surface area contributed by atoms with Gasteiger partial charge in [0, 0.05) is 6.54 Å². The van der Waals surface area contributed by atoms with Gasteiger partial charge >= 0.3 is 0 Å². The van der Waals surface area contributed by atoms with Crippen molar-refractivity contribution in [3.63, 3.8) is 0 Å². The minimum Gasteiger partial charge on any atom is -0.355 e. The lowest BCUT2D eigenvalue weighted by atomic mass is 10.0. The van der Waals surface area contributed by atoms with Crippen LogP contribution in [0.5, 0.6) is 0 Å². The number of nitrogens with one attached hydrogen (secondary N) is 2. The lowest BCUT2D eigenvalue weighted by molar-refractivity contribution is 0.484. The molecule has 0 unspecified atom stereocenters. The first-order valence-electron chi connectivity index (χ1n) is 8.48. The van der Waals surface area contributed by atoms with E-state index in [-0.39, 0.29) is 5.56 Å². The molecule has 4 rings (SSSR count). The van der Waals surface area contributed by atoms with E-state index >= 15 is 0 Å². The average molecular weight is 323 g/mol. The van der Waals surface area contributed by atoms with E-state index in [9.17, 15) is 4.79 Å². The number of nitrogens with zero attached hydrogens (tertiary/aromatic N) is 3. The number of aromatic amines is 1. The molecule has 1 aliphatic carbocycles. The number of benzene rings is 1. The van der Waals surface area contributed by atoms with Crippen molar-refractivity contribution in [2.24, 2.45) is 5.41 Å². The topological polar surface area (TPSA) is 75.6 Å². The third-order valence-corrected chi connectivity index (χ3v) is 4.81. The molecule has 0 saturated heterocycles. The summed E-state index contributed by atoms with van der Waals surface area (Å²) in [5.74, 6) is 0.521. The van der Waals surface area contributed by atoms with Crippen LogP contribution in [0.25, 0.3) is 16.7 Å². The molecule has 3 aromatic rings. The minimum absolute atomic E-state index is 0.162. The van der Waals surface area contributed by atoms with Crippen molar-refractivity contribution in [1.29, 1.82) is 0 Å². The molecule has 0 atom stereocenters. The van der Waals surface area contributed by atoms with Crippen LogP contribution in [0.3, 0.4) is 0 Å². The van der Waals surface area contributed by atoms with Crippen molar-refractivity contribution >= 4 is 17.0 Å². The first-order chi connectivity index (χ1) is 11.7. The van der Waals surface area contributed by atoms with Gasteiger partial charge < -0.3 is 5.32 Å². The number of fused-ring (bicyclic) bond motifs is 1. The van der Waals surface area contributed by atoms with Crippen LogP contribution in [0.15, 0.2) is 41.3 Å². The summed E-state index contributed by atoms with van der Waals surface area (Å²) >= 11 is 0. The standard InChI is InChI=1S/C18H21N5O/c1-2-8-18(9-10-18)12-19-17-21-15-14(16(24)22-17)11-20-23(15)13-6-4-3-5-7-13/h3-7,11H,2,8-10,12H2,1H3,(H2,19,21,22,24). The maximum Gasteiger partial charge on any atom is 0.263 e. The summed E-state index contributed by atoms with van der Waals surface area (Å²) in [5.41, 5.74) is 1.70. The van der Waals surface area contributed by atoms with E-state index in [4.69, 9.17) is 0 Å². The summed E-state index contributed by atoms with van der Waals surface area (Å²) in [4.78, 5) is 19.7. The highest BCUT2D eigenvalue weighted by atomic mass is 16.1. The van der Waals surface area contributed by atoms with E-state index in [1.54, 1.807) is 10.9 Å². The summed E-state index contributed by atoms with van der Waals surface area (Å²) in [7, 11) is 0. The maximum absolute atomic E-state index is 12.3. The molecule has 2 aromatic heterocycles. The van der Waals surface area contributed by atoms with Gasteiger partial charge in [0.25, 0.3) is 5.56 Å². The summed E-state index contributed by atoms with van der Waals surface area (Å²) in [6, 6.07) is 9.73. The van der Waals surface area contributed by atoms with Crippen LogP contribution in [-0.2, 0) is 0 Å². The molecule has 2 N–H and O–H groups in total. The summed E-state index contributed by atoms with van der Waals surface area (Å²) < 4.78 is 1.70. The Kier molecular flexibility index (Phi) is 3.59. The fraction of sp³-hybridized carbons (Fsp3) is 0.389. The van der Waals surface area contributed by atoms with E-state index in [0.29, 0.717) is 22.4 Å². The van der Waals surface area contributed by atoms with Crippen LogP contribution < -0.4 is 10.9 Å². The first kappa shape index (κ1) is 14.9. The fourth-order valence-corrected chi connectivity index (χ4v) is 3.25. The van der Waals surface area contributed by atoms with Gasteiger partial charge in [-0.25, -0.2) is 4.68 Å². The molecule has 6 nitrogen and oxygen atoms in total. The zero-order chi connectivity index (χ0) is 16.6. The lowest BCUT2D eigenvalue weighted by Crippen LogP contribution is -2.19. The Balaban J connectivity index is 1.67. The smallest absolute Gasteiger partial charge is 0.263 e. The SMILES string of the molecule is CCCC1(CNc2nc3c(cnn3-c3ccccc3)c(=O)[nH]2)CC1. The largest absolute Gasteiger partial charge is 0.355 e. The molecular formula is C18H21N5O. The second kappa shape index (κ2) is 5.78. The predicted molar refractivity (Wildman–Crippen MR) is 94.6 cm³/mol. The summed E-state index contributed by atoms with van der Waals surface area (Å²) in [5, 5.41) is 8.15. The predicted octanol–water partition coefficient (Wildman–Crippen LogP) is 3.10. The van der Waals surface area contributed by atoms with E-state index in [1.807, 2.05) is 30.3 Å². The molecule has 124 valence electrons. The van der Waals surface area contributed by atoms with Gasteiger partial charge in [-0.1, -0.05) is 31.5 Å². The number of hydrogen-bond acceptors (Lipinski definition) is 4. The van der Waals surface area contributed by atoms with Crippen LogP contribution in [0.1, 0.15) is 32.6 Å². The Bertz CT molecular complexity index is 908. The molecule has 1 saturated carbocycles. The Morgan fingerprint density at radius 2 is 2.08 bits per heavy atom. The lowest BCUT2D eigenvalue weighted by Gasteiger charge is -2.15. The Labute approximate surface area is 139 Å². The molecule has 1 fully saturated rings. The fourth-order valence-electron chi connectivity index (χ4n) is 3.25.